The van der Waals surface area contributed by atoms with Crippen LogP contribution in [0.25, 0.3) is 0 Å². The van der Waals surface area contributed by atoms with Gasteiger partial charge in [-0.15, -0.1) is 0 Å². The number of carbonyl (C=O) groups excluding carboxylic acids is 1. The van der Waals surface area contributed by atoms with Crippen molar-refractivity contribution in [2.45, 2.75) is 24.8 Å². The van der Waals surface area contributed by atoms with Gasteiger partial charge >= 0.3 is 0 Å². The molecule has 0 radical (unpaired) electrons. The van der Waals surface area contributed by atoms with Crippen LogP contribution in [0.15, 0.2) is 77.7 Å². The van der Waals surface area contributed by atoms with Crippen molar-refractivity contribution in [3.8, 4) is 5.75 Å². The first kappa shape index (κ1) is 21.4. The van der Waals surface area contributed by atoms with Crippen LogP contribution < -0.4 is 14.8 Å². The van der Waals surface area contributed by atoms with Crippen molar-refractivity contribution < 1.29 is 17.9 Å². The van der Waals surface area contributed by atoms with Gasteiger partial charge in [0.2, 0.25) is 0 Å². The lowest BCUT2D eigenvalue weighted by atomic mass is 10.1. The second-order valence-corrected chi connectivity index (χ2v) is 8.58. The minimum absolute atomic E-state index is 0.130. The molecule has 0 saturated carbocycles. The van der Waals surface area contributed by atoms with Gasteiger partial charge < -0.3 is 10.1 Å². The lowest BCUT2D eigenvalue weighted by Crippen LogP contribution is -2.28. The molecule has 0 saturated heterocycles. The van der Waals surface area contributed by atoms with Crippen molar-refractivity contribution in [2.75, 3.05) is 11.8 Å². The molecule has 156 valence electrons. The number of hydrogen-bond acceptors (Lipinski definition) is 4. The Morgan fingerprint density at radius 3 is 2.27 bits per heavy atom. The van der Waals surface area contributed by atoms with E-state index in [4.69, 9.17) is 4.74 Å². The fourth-order valence-electron chi connectivity index (χ4n) is 3.07. The number of methoxy groups -OCH3 is 1. The van der Waals surface area contributed by atoms with Crippen molar-refractivity contribution in [1.29, 1.82) is 0 Å². The molecule has 7 heteroatoms. The van der Waals surface area contributed by atoms with Crippen molar-refractivity contribution in [2.24, 2.45) is 0 Å². The topological polar surface area (TPSA) is 84.5 Å². The Labute approximate surface area is 177 Å². The van der Waals surface area contributed by atoms with E-state index in [0.29, 0.717) is 5.75 Å². The minimum Gasteiger partial charge on any atom is -0.496 e. The van der Waals surface area contributed by atoms with Crippen LogP contribution in [-0.4, -0.2) is 21.4 Å². The van der Waals surface area contributed by atoms with Gasteiger partial charge in [-0.1, -0.05) is 48.0 Å². The maximum Gasteiger partial charge on any atom is 0.261 e. The largest absolute Gasteiger partial charge is 0.496 e. The van der Waals surface area contributed by atoms with Gasteiger partial charge in [-0.25, -0.2) is 8.42 Å². The molecule has 0 heterocycles. The summed E-state index contributed by atoms with van der Waals surface area (Å²) in [6, 6.07) is 20.1. The van der Waals surface area contributed by atoms with Crippen LogP contribution in [0.2, 0.25) is 0 Å². The van der Waals surface area contributed by atoms with Crippen molar-refractivity contribution >= 4 is 21.6 Å². The predicted octanol–water partition coefficient (Wildman–Crippen LogP) is 4.30. The molecule has 6 nitrogen and oxygen atoms in total. The molecule has 0 aromatic heterocycles. The first-order valence-electron chi connectivity index (χ1n) is 9.44. The zero-order valence-electron chi connectivity index (χ0n) is 17.0. The Hall–Kier alpha value is -3.32. The number of benzene rings is 3. The molecule has 30 heavy (non-hydrogen) atoms. The van der Waals surface area contributed by atoms with Gasteiger partial charge in [0.15, 0.2) is 0 Å². The second kappa shape index (κ2) is 9.00. The molecule has 0 aliphatic carbocycles. The standard InChI is InChI=1S/C23H24N2O4S/c1-16-12-14-18(15-13-16)30(27,28)25-21-10-6-4-9-20(21)23(26)24-17(2)19-8-5-7-11-22(19)29-3/h4-15,17,25H,1-3H3,(H,24,26)/t17-/m1/s1. The molecule has 0 fully saturated rings. The van der Waals surface area contributed by atoms with E-state index in [1.807, 2.05) is 38.1 Å². The summed E-state index contributed by atoms with van der Waals surface area (Å²) < 4.78 is 33.4. The number of nitrogens with one attached hydrogen (secondary N) is 2. The molecule has 3 aromatic rings. The molecular formula is C23H24N2O4S. The Morgan fingerprint density at radius 1 is 0.933 bits per heavy atom. The van der Waals surface area contributed by atoms with Crippen molar-refractivity contribution in [3.05, 3.63) is 89.5 Å². The number of anilines is 1. The smallest absolute Gasteiger partial charge is 0.261 e. The number of rotatable bonds is 7. The lowest BCUT2D eigenvalue weighted by molar-refractivity contribution is 0.0940. The van der Waals surface area contributed by atoms with E-state index in [1.165, 1.54) is 12.1 Å². The number of aryl methyl sites for hydroxylation is 1. The Bertz CT molecular complexity index is 1140. The van der Waals surface area contributed by atoms with Crippen LogP contribution >= 0.6 is 0 Å². The minimum atomic E-state index is -3.83. The summed E-state index contributed by atoms with van der Waals surface area (Å²) >= 11 is 0. The fraction of sp³-hybridized carbons (Fsp3) is 0.174. The fourth-order valence-corrected chi connectivity index (χ4v) is 4.15. The molecule has 0 aliphatic heterocycles. The quantitative estimate of drug-likeness (QED) is 0.592. The van der Waals surface area contributed by atoms with Gasteiger partial charge in [0.1, 0.15) is 5.75 Å². The van der Waals surface area contributed by atoms with Crippen LogP contribution in [0, 0.1) is 6.92 Å². The van der Waals surface area contributed by atoms with E-state index in [-0.39, 0.29) is 22.2 Å². The van der Waals surface area contributed by atoms with Crippen LogP contribution in [0.1, 0.15) is 34.5 Å². The molecule has 3 aromatic carbocycles. The number of carbonyl (C=O) groups is 1. The molecule has 2 N–H and O–H groups in total. The van der Waals surface area contributed by atoms with Crippen LogP contribution in [-0.2, 0) is 10.0 Å². The van der Waals surface area contributed by atoms with Crippen molar-refractivity contribution in [3.63, 3.8) is 0 Å². The molecule has 0 spiro atoms. The average molecular weight is 425 g/mol. The summed E-state index contributed by atoms with van der Waals surface area (Å²) in [5, 5.41) is 2.91. The molecule has 0 bridgehead atoms. The second-order valence-electron chi connectivity index (χ2n) is 6.90. The highest BCUT2D eigenvalue weighted by atomic mass is 32.2. The first-order chi connectivity index (χ1) is 14.3. The maximum atomic E-state index is 12.9. The third kappa shape index (κ3) is 4.80. The summed E-state index contributed by atoms with van der Waals surface area (Å²) in [6.45, 7) is 3.72. The van der Waals surface area contributed by atoms with Crippen LogP contribution in [0.4, 0.5) is 5.69 Å². The van der Waals surface area contributed by atoms with Gasteiger partial charge in [-0.05, 0) is 44.2 Å². The summed E-state index contributed by atoms with van der Waals surface area (Å²) in [6.07, 6.45) is 0. The monoisotopic (exact) mass is 424 g/mol. The molecule has 3 rings (SSSR count). The van der Waals surface area contributed by atoms with E-state index in [1.54, 1.807) is 43.5 Å². The first-order valence-corrected chi connectivity index (χ1v) is 10.9. The number of ether oxygens (including phenoxy) is 1. The summed E-state index contributed by atoms with van der Waals surface area (Å²) in [5.74, 6) is 0.272. The Morgan fingerprint density at radius 2 is 1.57 bits per heavy atom. The Kier molecular flexibility index (Phi) is 6.42. The molecule has 0 aliphatic rings. The van der Waals surface area contributed by atoms with E-state index < -0.39 is 15.9 Å². The zero-order chi connectivity index (χ0) is 21.7. The highest BCUT2D eigenvalue weighted by molar-refractivity contribution is 7.92. The van der Waals surface area contributed by atoms with Crippen LogP contribution in [0.5, 0.6) is 5.75 Å². The maximum absolute atomic E-state index is 12.9. The lowest BCUT2D eigenvalue weighted by Gasteiger charge is -2.18. The number of hydrogen-bond donors (Lipinski definition) is 2. The predicted molar refractivity (Wildman–Crippen MR) is 117 cm³/mol. The third-order valence-electron chi connectivity index (χ3n) is 4.70. The van der Waals surface area contributed by atoms with E-state index in [9.17, 15) is 13.2 Å². The average Bonchev–Trinajstić information content (AvgIpc) is 2.74. The van der Waals surface area contributed by atoms with Gasteiger partial charge in [-0.2, -0.15) is 0 Å². The van der Waals surface area contributed by atoms with Gasteiger partial charge in [0.05, 0.1) is 29.3 Å². The van der Waals surface area contributed by atoms with E-state index >= 15 is 0 Å². The molecule has 1 atom stereocenters. The molecular weight excluding hydrogens is 400 g/mol. The van der Waals surface area contributed by atoms with Crippen LogP contribution in [0.3, 0.4) is 0 Å². The van der Waals surface area contributed by atoms with Gasteiger partial charge in [0, 0.05) is 5.56 Å². The highest BCUT2D eigenvalue weighted by Crippen LogP contribution is 2.26. The van der Waals surface area contributed by atoms with E-state index in [0.717, 1.165) is 11.1 Å². The summed E-state index contributed by atoms with van der Waals surface area (Å²) in [5.41, 5.74) is 2.22. The molecule has 0 unspecified atom stereocenters. The highest BCUT2D eigenvalue weighted by Gasteiger charge is 2.20. The number of para-hydroxylation sites is 2. The number of sulfonamides is 1. The van der Waals surface area contributed by atoms with Gasteiger partial charge in [-0.3, -0.25) is 9.52 Å². The Balaban J connectivity index is 1.84. The van der Waals surface area contributed by atoms with E-state index in [2.05, 4.69) is 10.0 Å². The summed E-state index contributed by atoms with van der Waals surface area (Å²) in [7, 11) is -2.26. The SMILES string of the molecule is COc1ccccc1[C@@H](C)NC(=O)c1ccccc1NS(=O)(=O)c1ccc(C)cc1. The molecule has 1 amide bonds. The zero-order valence-corrected chi connectivity index (χ0v) is 17.9. The number of amides is 1. The summed E-state index contributed by atoms with van der Waals surface area (Å²) in [4.78, 5) is 13.1. The third-order valence-corrected chi connectivity index (χ3v) is 6.08. The normalized spacial score (nSPS) is 12.1. The van der Waals surface area contributed by atoms with Gasteiger partial charge in [0.25, 0.3) is 15.9 Å². The van der Waals surface area contributed by atoms with Crippen molar-refractivity contribution in [1.82, 2.24) is 5.32 Å².